The van der Waals surface area contributed by atoms with Crippen molar-refractivity contribution in [2.75, 3.05) is 0 Å². The Kier molecular flexibility index (Phi) is 2.80. The summed E-state index contributed by atoms with van der Waals surface area (Å²) in [5.41, 5.74) is 6.00. The van der Waals surface area contributed by atoms with Gasteiger partial charge in [-0.3, -0.25) is 0 Å². The Hall–Kier alpha value is -1.81. The maximum Gasteiger partial charge on any atom is 0.123 e. The number of nitrogens with zero attached hydrogens (tertiary/aromatic N) is 1. The third-order valence-corrected chi connectivity index (χ3v) is 4.12. The van der Waals surface area contributed by atoms with Crippen LogP contribution in [-0.4, -0.2) is 10.8 Å². The fourth-order valence-corrected chi connectivity index (χ4v) is 2.91. The van der Waals surface area contributed by atoms with Gasteiger partial charge in [0.2, 0.25) is 0 Å². The van der Waals surface area contributed by atoms with Crippen LogP contribution in [-0.2, 0) is 0 Å². The van der Waals surface area contributed by atoms with Gasteiger partial charge in [-0.15, -0.1) is 11.3 Å². The molecule has 1 atom stereocenters. The van der Waals surface area contributed by atoms with Crippen LogP contribution in [0.1, 0.15) is 28.5 Å². The molecule has 0 amide bonds. The van der Waals surface area contributed by atoms with Crippen LogP contribution in [0.4, 0.5) is 0 Å². The maximum absolute atomic E-state index is 10.1. The molecule has 1 aliphatic rings. The molecule has 3 rings (SSSR count). The number of nitrogens with one attached hydrogen (secondary N) is 1. The maximum atomic E-state index is 10.1. The largest absolute Gasteiger partial charge is 0.507 e. The number of para-hydroxylation sites is 1. The highest BCUT2D eigenvalue weighted by atomic mass is 32.1. The number of benzene rings is 1. The van der Waals surface area contributed by atoms with Gasteiger partial charge in [0.15, 0.2) is 0 Å². The van der Waals surface area contributed by atoms with Crippen molar-refractivity contribution >= 4 is 17.0 Å². The first-order valence-electron chi connectivity index (χ1n) is 5.90. The predicted octanol–water partition coefficient (Wildman–Crippen LogP) is 3.20. The standard InChI is InChI=1S/C14H14N2OS/c1-9-4-2-5-10(14(9)17)11-8-12(16-15-11)13-6-3-7-18-13/h2-7,11,15,17H,8H2,1H3. The Morgan fingerprint density at radius 3 is 3.00 bits per heavy atom. The third-order valence-electron chi connectivity index (χ3n) is 3.20. The Morgan fingerprint density at radius 2 is 2.22 bits per heavy atom. The molecule has 0 spiro atoms. The van der Waals surface area contributed by atoms with E-state index in [2.05, 4.69) is 22.0 Å². The highest BCUT2D eigenvalue weighted by molar-refractivity contribution is 7.12. The normalized spacial score (nSPS) is 18.5. The van der Waals surface area contributed by atoms with E-state index in [1.807, 2.05) is 31.2 Å². The zero-order chi connectivity index (χ0) is 12.5. The molecule has 3 nitrogen and oxygen atoms in total. The lowest BCUT2D eigenvalue weighted by Gasteiger charge is -2.13. The van der Waals surface area contributed by atoms with E-state index in [9.17, 15) is 5.11 Å². The average Bonchev–Trinajstić information content (AvgIpc) is 3.01. The Labute approximate surface area is 110 Å². The Morgan fingerprint density at radius 1 is 1.33 bits per heavy atom. The van der Waals surface area contributed by atoms with Crippen molar-refractivity contribution in [3.63, 3.8) is 0 Å². The number of hydrogen-bond donors (Lipinski definition) is 2. The van der Waals surface area contributed by atoms with E-state index < -0.39 is 0 Å². The average molecular weight is 258 g/mol. The van der Waals surface area contributed by atoms with Gasteiger partial charge in [-0.05, 0) is 23.9 Å². The monoisotopic (exact) mass is 258 g/mol. The molecule has 0 bridgehead atoms. The van der Waals surface area contributed by atoms with Gasteiger partial charge in [0.1, 0.15) is 5.75 Å². The molecule has 0 aliphatic carbocycles. The van der Waals surface area contributed by atoms with Crippen LogP contribution in [0.15, 0.2) is 40.8 Å². The minimum Gasteiger partial charge on any atom is -0.507 e. The second-order valence-electron chi connectivity index (χ2n) is 4.43. The van der Waals surface area contributed by atoms with E-state index in [-0.39, 0.29) is 6.04 Å². The molecule has 0 saturated carbocycles. The van der Waals surface area contributed by atoms with Crippen LogP contribution in [0.25, 0.3) is 0 Å². The first-order chi connectivity index (χ1) is 8.75. The lowest BCUT2D eigenvalue weighted by atomic mass is 9.99. The molecule has 0 fully saturated rings. The van der Waals surface area contributed by atoms with Crippen molar-refractivity contribution in [3.05, 3.63) is 51.7 Å². The summed E-state index contributed by atoms with van der Waals surface area (Å²) in [5, 5.41) is 16.5. The van der Waals surface area contributed by atoms with Crippen molar-refractivity contribution in [2.24, 2.45) is 5.10 Å². The molecule has 0 radical (unpaired) electrons. The molecule has 2 N–H and O–H groups in total. The van der Waals surface area contributed by atoms with Gasteiger partial charge >= 0.3 is 0 Å². The molecule has 2 aromatic rings. The zero-order valence-electron chi connectivity index (χ0n) is 10.1. The molecule has 4 heteroatoms. The lowest BCUT2D eigenvalue weighted by molar-refractivity contribution is 0.451. The Bertz CT molecular complexity index is 590. The summed E-state index contributed by atoms with van der Waals surface area (Å²) in [7, 11) is 0. The van der Waals surface area contributed by atoms with Crippen LogP contribution in [0.3, 0.4) is 0 Å². The van der Waals surface area contributed by atoms with Crippen molar-refractivity contribution in [1.29, 1.82) is 0 Å². The minimum atomic E-state index is 0.0713. The zero-order valence-corrected chi connectivity index (χ0v) is 10.9. The van der Waals surface area contributed by atoms with Crippen LogP contribution >= 0.6 is 11.3 Å². The van der Waals surface area contributed by atoms with Crippen molar-refractivity contribution < 1.29 is 5.11 Å². The van der Waals surface area contributed by atoms with E-state index in [1.165, 1.54) is 4.88 Å². The SMILES string of the molecule is Cc1cccc(C2CC(c3cccs3)=NN2)c1O. The van der Waals surface area contributed by atoms with E-state index in [0.717, 1.165) is 23.3 Å². The summed E-state index contributed by atoms with van der Waals surface area (Å²) in [6.07, 6.45) is 0.817. The van der Waals surface area contributed by atoms with Gasteiger partial charge in [-0.2, -0.15) is 5.10 Å². The summed E-state index contributed by atoms with van der Waals surface area (Å²) < 4.78 is 0. The first kappa shape index (κ1) is 11.3. The molecular formula is C14H14N2OS. The molecule has 1 unspecified atom stereocenters. The van der Waals surface area contributed by atoms with Gasteiger partial charge < -0.3 is 10.5 Å². The highest BCUT2D eigenvalue weighted by Gasteiger charge is 2.24. The summed E-state index contributed by atoms with van der Waals surface area (Å²) in [5.74, 6) is 0.373. The number of phenols is 1. The van der Waals surface area contributed by atoms with E-state index in [4.69, 9.17) is 0 Å². The number of hydrogen-bond acceptors (Lipinski definition) is 4. The summed E-state index contributed by atoms with van der Waals surface area (Å²) in [6, 6.07) is 10.0. The minimum absolute atomic E-state index is 0.0713. The molecular weight excluding hydrogens is 244 g/mol. The second-order valence-corrected chi connectivity index (χ2v) is 5.38. The number of aryl methyl sites for hydroxylation is 1. The van der Waals surface area contributed by atoms with Crippen LogP contribution in [0.2, 0.25) is 0 Å². The molecule has 0 saturated heterocycles. The van der Waals surface area contributed by atoms with Crippen molar-refractivity contribution in [3.8, 4) is 5.75 Å². The van der Waals surface area contributed by atoms with Crippen molar-refractivity contribution in [2.45, 2.75) is 19.4 Å². The van der Waals surface area contributed by atoms with E-state index >= 15 is 0 Å². The van der Waals surface area contributed by atoms with Crippen molar-refractivity contribution in [1.82, 2.24) is 5.43 Å². The first-order valence-corrected chi connectivity index (χ1v) is 6.78. The van der Waals surface area contributed by atoms with Crippen LogP contribution in [0.5, 0.6) is 5.75 Å². The fraction of sp³-hybridized carbons (Fsp3) is 0.214. The van der Waals surface area contributed by atoms with Gasteiger partial charge in [-0.1, -0.05) is 24.3 Å². The highest BCUT2D eigenvalue weighted by Crippen LogP contribution is 2.33. The summed E-state index contributed by atoms with van der Waals surface area (Å²) in [6.45, 7) is 1.91. The van der Waals surface area contributed by atoms with E-state index in [0.29, 0.717) is 5.75 Å². The number of hydrazone groups is 1. The molecule has 1 aromatic carbocycles. The molecule has 92 valence electrons. The molecule has 18 heavy (non-hydrogen) atoms. The quantitative estimate of drug-likeness (QED) is 0.868. The number of thiophene rings is 1. The van der Waals surface area contributed by atoms with Gasteiger partial charge in [-0.25, -0.2) is 0 Å². The number of aromatic hydroxyl groups is 1. The number of phenolic OH excluding ortho intramolecular Hbond substituents is 1. The summed E-state index contributed by atoms with van der Waals surface area (Å²) in [4.78, 5) is 1.19. The van der Waals surface area contributed by atoms with Crippen LogP contribution < -0.4 is 5.43 Å². The molecule has 2 heterocycles. The van der Waals surface area contributed by atoms with Crippen LogP contribution in [0, 0.1) is 6.92 Å². The third kappa shape index (κ3) is 1.88. The predicted molar refractivity (Wildman–Crippen MR) is 74.2 cm³/mol. The molecule has 1 aromatic heterocycles. The number of rotatable bonds is 2. The van der Waals surface area contributed by atoms with Gasteiger partial charge in [0, 0.05) is 12.0 Å². The smallest absolute Gasteiger partial charge is 0.123 e. The topological polar surface area (TPSA) is 44.6 Å². The van der Waals surface area contributed by atoms with Gasteiger partial charge in [0.05, 0.1) is 16.6 Å². The summed E-state index contributed by atoms with van der Waals surface area (Å²) >= 11 is 1.69. The van der Waals surface area contributed by atoms with Gasteiger partial charge in [0.25, 0.3) is 0 Å². The van der Waals surface area contributed by atoms with E-state index in [1.54, 1.807) is 11.3 Å². The molecule has 1 aliphatic heterocycles. The Balaban J connectivity index is 1.84. The second kappa shape index (κ2) is 4.46. The lowest BCUT2D eigenvalue weighted by Crippen LogP contribution is -2.10. The fourth-order valence-electron chi connectivity index (χ4n) is 2.18.